The first-order valence-electron chi connectivity index (χ1n) is 6.35. The summed E-state index contributed by atoms with van der Waals surface area (Å²) >= 11 is 0. The first-order chi connectivity index (χ1) is 11.0. The van der Waals surface area contributed by atoms with E-state index in [4.69, 9.17) is 10.3 Å². The number of nitrogen functional groups attached to an aromatic ring is 1. The van der Waals surface area contributed by atoms with Gasteiger partial charge >= 0.3 is 0 Å². The highest BCUT2D eigenvalue weighted by molar-refractivity contribution is 7.86. The first kappa shape index (κ1) is 18.0. The summed E-state index contributed by atoms with van der Waals surface area (Å²) in [7, 11) is -9.43. The first-order valence-corrected chi connectivity index (χ1v) is 9.23. The van der Waals surface area contributed by atoms with Gasteiger partial charge in [0.2, 0.25) is 0 Å². The van der Waals surface area contributed by atoms with Gasteiger partial charge < -0.3 is 5.73 Å². The van der Waals surface area contributed by atoms with Gasteiger partial charge in [0.15, 0.2) is 0 Å². The summed E-state index contributed by atoms with van der Waals surface area (Å²) < 4.78 is 63.2. The predicted molar refractivity (Wildman–Crippen MR) is 85.8 cm³/mol. The van der Waals surface area contributed by atoms with Gasteiger partial charge in [0.25, 0.3) is 20.2 Å². The highest BCUT2D eigenvalue weighted by atomic mass is 32.2. The second kappa shape index (κ2) is 6.28. The van der Waals surface area contributed by atoms with Crippen molar-refractivity contribution in [2.45, 2.75) is 16.7 Å². The fourth-order valence-electron chi connectivity index (χ4n) is 1.84. The van der Waals surface area contributed by atoms with E-state index in [9.17, 15) is 21.4 Å². The van der Waals surface area contributed by atoms with Crippen LogP contribution in [0.4, 0.5) is 17.1 Å². The average Bonchev–Trinajstić information content (AvgIpc) is 2.44. The van der Waals surface area contributed by atoms with Gasteiger partial charge in [-0.25, -0.2) is 0 Å². The van der Waals surface area contributed by atoms with Crippen LogP contribution in [0.15, 0.2) is 56.4 Å². The standard InChI is InChI=1S/C13H13N3O6S2/c1-8-6-9(14)2-4-11(8)15-16-12-5-3-10(23(17,18)19)7-13(12)24(20,21)22/h2-7H,14H2,1H3,(H,17,18,19)(H,20,21,22). The number of nitrogens with zero attached hydrogens (tertiary/aromatic N) is 2. The van der Waals surface area contributed by atoms with Crippen LogP contribution in [0.1, 0.15) is 5.56 Å². The second-order valence-electron chi connectivity index (χ2n) is 4.83. The smallest absolute Gasteiger partial charge is 0.296 e. The van der Waals surface area contributed by atoms with Crippen LogP contribution in [0, 0.1) is 6.92 Å². The molecule has 0 unspecified atom stereocenters. The van der Waals surface area contributed by atoms with Gasteiger partial charge in [0.05, 0.1) is 10.6 Å². The number of nitrogens with two attached hydrogens (primary N) is 1. The van der Waals surface area contributed by atoms with Gasteiger partial charge in [-0.1, -0.05) is 0 Å². The van der Waals surface area contributed by atoms with Crippen LogP contribution in [0.25, 0.3) is 0 Å². The molecule has 11 heteroatoms. The molecule has 0 fully saturated rings. The third-order valence-electron chi connectivity index (χ3n) is 2.99. The van der Waals surface area contributed by atoms with Crippen LogP contribution >= 0.6 is 0 Å². The Balaban J connectivity index is 2.56. The van der Waals surface area contributed by atoms with E-state index in [1.165, 1.54) is 0 Å². The number of rotatable bonds is 4. The number of azo groups is 1. The summed E-state index contributed by atoms with van der Waals surface area (Å²) in [6.07, 6.45) is 0. The lowest BCUT2D eigenvalue weighted by molar-refractivity contribution is 0.481. The maximum atomic E-state index is 11.4. The molecule has 0 radical (unpaired) electrons. The van der Waals surface area contributed by atoms with Crippen LogP contribution < -0.4 is 5.73 Å². The summed E-state index contributed by atoms with van der Waals surface area (Å²) in [5.41, 5.74) is 6.92. The molecule has 4 N–H and O–H groups in total. The molecule has 0 aliphatic heterocycles. The van der Waals surface area contributed by atoms with E-state index in [1.54, 1.807) is 25.1 Å². The molecule has 2 aromatic carbocycles. The molecular formula is C13H13N3O6S2. The Morgan fingerprint density at radius 1 is 0.875 bits per heavy atom. The Morgan fingerprint density at radius 3 is 2.00 bits per heavy atom. The molecule has 24 heavy (non-hydrogen) atoms. The highest BCUT2D eigenvalue weighted by Crippen LogP contribution is 2.30. The van der Waals surface area contributed by atoms with E-state index in [1.807, 2.05) is 0 Å². The normalized spacial score (nSPS) is 12.6. The molecule has 0 saturated carbocycles. The van der Waals surface area contributed by atoms with Crippen molar-refractivity contribution in [2.24, 2.45) is 10.2 Å². The molecule has 128 valence electrons. The van der Waals surface area contributed by atoms with Crippen molar-refractivity contribution in [3.63, 3.8) is 0 Å². The lowest BCUT2D eigenvalue weighted by Gasteiger charge is -2.05. The summed E-state index contributed by atoms with van der Waals surface area (Å²) in [5, 5.41) is 7.59. The maximum Gasteiger partial charge on any atom is 0.296 e. The lowest BCUT2D eigenvalue weighted by Crippen LogP contribution is -2.03. The molecule has 9 nitrogen and oxygen atoms in total. The zero-order valence-corrected chi connectivity index (χ0v) is 13.9. The SMILES string of the molecule is Cc1cc(N)ccc1N=Nc1ccc(S(=O)(=O)O)cc1S(=O)(=O)O. The molecule has 0 spiro atoms. The minimum atomic E-state index is -4.79. The molecule has 0 aromatic heterocycles. The molecule has 2 aromatic rings. The fourth-order valence-corrected chi connectivity index (χ4v) is 3.07. The molecular weight excluding hydrogens is 358 g/mol. The fraction of sp³-hybridized carbons (Fsp3) is 0.0769. The Labute approximate surface area is 138 Å². The Morgan fingerprint density at radius 2 is 1.46 bits per heavy atom. The van der Waals surface area contributed by atoms with Crippen LogP contribution in [0.2, 0.25) is 0 Å². The second-order valence-corrected chi connectivity index (χ2v) is 7.64. The number of anilines is 1. The van der Waals surface area contributed by atoms with Crippen molar-refractivity contribution < 1.29 is 25.9 Å². The summed E-state index contributed by atoms with van der Waals surface area (Å²) in [6.45, 7) is 1.72. The maximum absolute atomic E-state index is 11.4. The van der Waals surface area contributed by atoms with Crippen LogP contribution in [0.3, 0.4) is 0 Å². The van der Waals surface area contributed by atoms with Crippen molar-refractivity contribution in [3.8, 4) is 0 Å². The predicted octanol–water partition coefficient (Wildman–Crippen LogP) is 2.49. The highest BCUT2D eigenvalue weighted by Gasteiger charge is 2.20. The zero-order valence-electron chi connectivity index (χ0n) is 12.3. The van der Waals surface area contributed by atoms with Crippen molar-refractivity contribution in [1.82, 2.24) is 0 Å². The molecule has 0 saturated heterocycles. The van der Waals surface area contributed by atoms with Gasteiger partial charge in [-0.2, -0.15) is 21.9 Å². The van der Waals surface area contributed by atoms with Gasteiger partial charge in [-0.3, -0.25) is 9.11 Å². The van der Waals surface area contributed by atoms with E-state index in [-0.39, 0.29) is 5.69 Å². The van der Waals surface area contributed by atoms with Gasteiger partial charge in [-0.05, 0) is 48.9 Å². The number of hydrogen-bond acceptors (Lipinski definition) is 7. The van der Waals surface area contributed by atoms with E-state index in [2.05, 4.69) is 10.2 Å². The van der Waals surface area contributed by atoms with E-state index in [0.29, 0.717) is 23.0 Å². The Bertz CT molecular complexity index is 1030. The molecule has 0 bridgehead atoms. The third kappa shape index (κ3) is 4.14. The van der Waals surface area contributed by atoms with E-state index < -0.39 is 30.0 Å². The number of benzene rings is 2. The van der Waals surface area contributed by atoms with Crippen molar-refractivity contribution in [2.75, 3.05) is 5.73 Å². The zero-order chi connectivity index (χ0) is 18.1. The Hall–Kier alpha value is -2.34. The molecule has 0 atom stereocenters. The molecule has 0 aliphatic rings. The number of hydrogen-bond donors (Lipinski definition) is 3. The number of aryl methyl sites for hydroxylation is 1. The van der Waals surface area contributed by atoms with Crippen LogP contribution in [-0.2, 0) is 20.2 Å². The Kier molecular flexibility index (Phi) is 4.71. The van der Waals surface area contributed by atoms with Crippen LogP contribution in [-0.4, -0.2) is 25.9 Å². The summed E-state index contributed by atoms with van der Waals surface area (Å²) in [4.78, 5) is -1.49. The monoisotopic (exact) mass is 371 g/mol. The summed E-state index contributed by atoms with van der Waals surface area (Å²) in [5.74, 6) is 0. The van der Waals surface area contributed by atoms with Gasteiger partial charge in [0, 0.05) is 5.69 Å². The average molecular weight is 371 g/mol. The minimum absolute atomic E-state index is 0.291. The van der Waals surface area contributed by atoms with E-state index in [0.717, 1.165) is 12.1 Å². The van der Waals surface area contributed by atoms with Crippen molar-refractivity contribution >= 4 is 37.3 Å². The topological polar surface area (TPSA) is 159 Å². The van der Waals surface area contributed by atoms with Crippen molar-refractivity contribution in [3.05, 3.63) is 42.0 Å². The van der Waals surface area contributed by atoms with Gasteiger partial charge in [-0.15, -0.1) is 5.11 Å². The quantitative estimate of drug-likeness (QED) is 0.423. The summed E-state index contributed by atoms with van der Waals surface area (Å²) in [6, 6.07) is 7.31. The molecule has 0 amide bonds. The van der Waals surface area contributed by atoms with Gasteiger partial charge in [0.1, 0.15) is 10.6 Å². The molecule has 0 aliphatic carbocycles. The minimum Gasteiger partial charge on any atom is -0.399 e. The largest absolute Gasteiger partial charge is 0.399 e. The van der Waals surface area contributed by atoms with Crippen molar-refractivity contribution in [1.29, 1.82) is 0 Å². The third-order valence-corrected chi connectivity index (χ3v) is 4.73. The molecule has 0 heterocycles. The lowest BCUT2D eigenvalue weighted by atomic mass is 10.2. The van der Waals surface area contributed by atoms with Crippen LogP contribution in [0.5, 0.6) is 0 Å². The molecule has 2 rings (SSSR count). The van der Waals surface area contributed by atoms with E-state index >= 15 is 0 Å².